The summed E-state index contributed by atoms with van der Waals surface area (Å²) in [7, 11) is 0. The van der Waals surface area contributed by atoms with Crippen molar-refractivity contribution in [2.75, 3.05) is 11.5 Å². The van der Waals surface area contributed by atoms with E-state index in [-0.39, 0.29) is 18.4 Å². The fourth-order valence-electron chi connectivity index (χ4n) is 3.83. The molecule has 4 rings (SSSR count). The van der Waals surface area contributed by atoms with E-state index in [2.05, 4.69) is 10.3 Å². The highest BCUT2D eigenvalue weighted by Crippen LogP contribution is 2.33. The first-order chi connectivity index (χ1) is 17.0. The maximum Gasteiger partial charge on any atom is 0.271 e. The summed E-state index contributed by atoms with van der Waals surface area (Å²) in [5, 5.41) is 3.72. The number of aromatic nitrogens is 1. The molecule has 0 aliphatic carbocycles. The topological polar surface area (TPSA) is 84.7 Å². The van der Waals surface area contributed by atoms with Crippen molar-refractivity contribution in [2.24, 2.45) is 0 Å². The van der Waals surface area contributed by atoms with Crippen LogP contribution in [0, 0.1) is 13.8 Å². The van der Waals surface area contributed by atoms with Gasteiger partial charge in [0.2, 0.25) is 5.91 Å². The van der Waals surface area contributed by atoms with Crippen molar-refractivity contribution < 1.29 is 18.7 Å². The molecule has 0 saturated heterocycles. The van der Waals surface area contributed by atoms with Crippen LogP contribution in [-0.2, 0) is 11.3 Å². The summed E-state index contributed by atoms with van der Waals surface area (Å²) in [6.07, 6.45) is 1.56. The van der Waals surface area contributed by atoms with E-state index in [1.165, 1.54) is 16.2 Å². The van der Waals surface area contributed by atoms with Gasteiger partial charge in [-0.05, 0) is 62.7 Å². The lowest BCUT2D eigenvalue weighted by Gasteiger charge is -2.31. The van der Waals surface area contributed by atoms with Crippen molar-refractivity contribution in [2.45, 2.75) is 33.4 Å². The molecule has 180 valence electrons. The fraction of sp³-hybridized carbons (Fsp3) is 0.222. The van der Waals surface area contributed by atoms with Gasteiger partial charge in [-0.2, -0.15) is 0 Å². The first-order valence-corrected chi connectivity index (χ1v) is 12.1. The summed E-state index contributed by atoms with van der Waals surface area (Å²) in [6, 6.07) is 19.1. The van der Waals surface area contributed by atoms with Crippen LogP contribution in [0.4, 0.5) is 5.69 Å². The van der Waals surface area contributed by atoms with Crippen molar-refractivity contribution in [3.05, 3.63) is 99.9 Å². The summed E-state index contributed by atoms with van der Waals surface area (Å²) in [5.41, 5.74) is 1.90. The summed E-state index contributed by atoms with van der Waals surface area (Å²) in [6.45, 7) is 6.32. The van der Waals surface area contributed by atoms with E-state index in [9.17, 15) is 9.59 Å². The molecular weight excluding hydrogens is 462 g/mol. The van der Waals surface area contributed by atoms with E-state index in [4.69, 9.17) is 9.15 Å². The lowest BCUT2D eigenvalue weighted by atomic mass is 10.0. The Balaban J connectivity index is 1.79. The number of hydrogen-bond acceptors (Lipinski definition) is 6. The summed E-state index contributed by atoms with van der Waals surface area (Å²) in [4.78, 5) is 34.1. The van der Waals surface area contributed by atoms with Crippen LogP contribution >= 0.6 is 11.3 Å². The summed E-state index contributed by atoms with van der Waals surface area (Å²) in [5.74, 6) is 0.693. The lowest BCUT2D eigenvalue weighted by molar-refractivity contribution is -0.122. The van der Waals surface area contributed by atoms with Gasteiger partial charge < -0.3 is 14.5 Å². The van der Waals surface area contributed by atoms with E-state index < -0.39 is 6.04 Å². The van der Waals surface area contributed by atoms with Gasteiger partial charge >= 0.3 is 0 Å². The molecule has 8 heteroatoms. The Bertz CT molecular complexity index is 1270. The lowest BCUT2D eigenvalue weighted by Crippen LogP contribution is -2.43. The molecule has 1 unspecified atom stereocenters. The van der Waals surface area contributed by atoms with Gasteiger partial charge in [-0.25, -0.2) is 4.98 Å². The van der Waals surface area contributed by atoms with E-state index in [1.54, 1.807) is 42.7 Å². The molecule has 2 heterocycles. The highest BCUT2D eigenvalue weighted by atomic mass is 32.1. The van der Waals surface area contributed by atoms with Crippen LogP contribution < -0.4 is 15.0 Å². The molecule has 1 N–H and O–H groups in total. The minimum atomic E-state index is -0.918. The largest absolute Gasteiger partial charge is 0.494 e. The second kappa shape index (κ2) is 11.0. The minimum absolute atomic E-state index is 0.208. The normalized spacial score (nSPS) is 11.6. The molecule has 35 heavy (non-hydrogen) atoms. The number of nitrogens with zero attached hydrogens (tertiary/aromatic N) is 2. The molecule has 1 atom stereocenters. The number of thiazole rings is 1. The van der Waals surface area contributed by atoms with Crippen molar-refractivity contribution in [1.29, 1.82) is 0 Å². The Kier molecular flexibility index (Phi) is 7.62. The Hall–Kier alpha value is -3.91. The molecule has 2 aromatic carbocycles. The Morgan fingerprint density at radius 3 is 2.40 bits per heavy atom. The van der Waals surface area contributed by atoms with Crippen molar-refractivity contribution in [1.82, 2.24) is 10.3 Å². The number of rotatable bonds is 9. The molecular formula is C27H27N3O4S. The van der Waals surface area contributed by atoms with Gasteiger partial charge in [0.25, 0.3) is 5.91 Å². The number of anilines is 1. The molecule has 4 aromatic rings. The summed E-state index contributed by atoms with van der Waals surface area (Å²) >= 11 is 1.32. The van der Waals surface area contributed by atoms with Crippen LogP contribution in [-0.4, -0.2) is 23.4 Å². The van der Waals surface area contributed by atoms with Gasteiger partial charge in [-0.1, -0.05) is 30.3 Å². The third-order valence-electron chi connectivity index (χ3n) is 5.38. The highest BCUT2D eigenvalue weighted by molar-refractivity contribution is 7.13. The second-order valence-corrected chi connectivity index (χ2v) is 9.06. The molecule has 2 aromatic heterocycles. The van der Waals surface area contributed by atoms with Crippen molar-refractivity contribution >= 4 is 28.8 Å². The van der Waals surface area contributed by atoms with Gasteiger partial charge in [0.1, 0.15) is 22.4 Å². The molecule has 0 spiro atoms. The van der Waals surface area contributed by atoms with Gasteiger partial charge in [0, 0.05) is 5.69 Å². The van der Waals surface area contributed by atoms with E-state index in [0.29, 0.717) is 39.9 Å². The first kappa shape index (κ1) is 24.2. The van der Waals surface area contributed by atoms with Crippen molar-refractivity contribution in [3.8, 4) is 5.75 Å². The third kappa shape index (κ3) is 5.60. The molecule has 0 fully saturated rings. The Labute approximate surface area is 208 Å². The quantitative estimate of drug-likeness (QED) is 0.338. The number of hydrogen-bond donors (Lipinski definition) is 1. The monoisotopic (exact) mass is 489 g/mol. The van der Waals surface area contributed by atoms with Crippen LogP contribution in [0.1, 0.15) is 44.7 Å². The van der Waals surface area contributed by atoms with E-state index in [0.717, 1.165) is 5.01 Å². The predicted molar refractivity (Wildman–Crippen MR) is 136 cm³/mol. The van der Waals surface area contributed by atoms with Crippen LogP contribution in [0.15, 0.2) is 77.4 Å². The minimum Gasteiger partial charge on any atom is -0.494 e. The predicted octanol–water partition coefficient (Wildman–Crippen LogP) is 5.46. The fourth-order valence-corrected chi connectivity index (χ4v) is 4.69. The molecule has 0 aliphatic heterocycles. The number of ether oxygens (including phenoxy) is 1. The van der Waals surface area contributed by atoms with E-state index >= 15 is 0 Å². The van der Waals surface area contributed by atoms with Gasteiger partial charge in [-0.15, -0.1) is 11.3 Å². The average Bonchev–Trinajstić information content (AvgIpc) is 3.51. The number of carbonyl (C=O) groups excluding carboxylic acids is 2. The van der Waals surface area contributed by atoms with E-state index in [1.807, 2.05) is 51.1 Å². The smallest absolute Gasteiger partial charge is 0.271 e. The maximum atomic E-state index is 14.0. The molecule has 0 aliphatic rings. The molecule has 2 amide bonds. The first-order valence-electron chi connectivity index (χ1n) is 11.3. The number of carbonyl (C=O) groups is 2. The number of aryl methyl sites for hydroxylation is 2. The van der Waals surface area contributed by atoms with Crippen LogP contribution in [0.25, 0.3) is 0 Å². The zero-order valence-electron chi connectivity index (χ0n) is 19.9. The van der Waals surface area contributed by atoms with Gasteiger partial charge in [-0.3, -0.25) is 14.5 Å². The average molecular weight is 490 g/mol. The molecule has 7 nitrogen and oxygen atoms in total. The SMILES string of the molecule is CCOc1ccc(N(C(=O)c2sc(C)nc2C)C(C(=O)NCc2ccco2)c2ccccc2)cc1. The molecule has 0 radical (unpaired) electrons. The van der Waals surface area contributed by atoms with Crippen LogP contribution in [0.3, 0.4) is 0 Å². The zero-order valence-corrected chi connectivity index (χ0v) is 20.7. The number of amides is 2. The number of benzene rings is 2. The maximum absolute atomic E-state index is 14.0. The highest BCUT2D eigenvalue weighted by Gasteiger charge is 2.35. The van der Waals surface area contributed by atoms with Crippen molar-refractivity contribution in [3.63, 3.8) is 0 Å². The van der Waals surface area contributed by atoms with Crippen LogP contribution in [0.2, 0.25) is 0 Å². The van der Waals surface area contributed by atoms with Gasteiger partial charge in [0.15, 0.2) is 0 Å². The Morgan fingerprint density at radius 1 is 1.06 bits per heavy atom. The molecule has 0 saturated carbocycles. The number of nitrogens with one attached hydrogen (secondary N) is 1. The Morgan fingerprint density at radius 2 is 1.80 bits per heavy atom. The third-order valence-corrected chi connectivity index (χ3v) is 6.44. The zero-order chi connectivity index (χ0) is 24.8. The standard InChI is InChI=1S/C27H27N3O4S/c1-4-33-22-14-12-21(13-15-22)30(27(32)25-18(2)29-19(3)35-25)24(20-9-6-5-7-10-20)26(31)28-17-23-11-8-16-34-23/h5-16,24H,4,17H2,1-3H3,(H,28,31). The molecule has 0 bridgehead atoms. The van der Waals surface area contributed by atoms with Crippen LogP contribution in [0.5, 0.6) is 5.75 Å². The summed E-state index contributed by atoms with van der Waals surface area (Å²) < 4.78 is 10.9. The number of furan rings is 1. The second-order valence-electron chi connectivity index (χ2n) is 7.86. The van der Waals surface area contributed by atoms with Gasteiger partial charge in [0.05, 0.1) is 30.1 Å².